The first-order chi connectivity index (χ1) is 10.8. The quantitative estimate of drug-likeness (QED) is 0.800. The Labute approximate surface area is 135 Å². The zero-order valence-corrected chi connectivity index (χ0v) is 13.7. The van der Waals surface area contributed by atoms with Crippen LogP contribution in [0.1, 0.15) is 25.5 Å². The second kappa shape index (κ2) is 6.93. The van der Waals surface area contributed by atoms with Gasteiger partial charge in [-0.15, -0.1) is 0 Å². The summed E-state index contributed by atoms with van der Waals surface area (Å²) in [6.45, 7) is 4.63. The Morgan fingerprint density at radius 3 is 2.52 bits per heavy atom. The number of sulfonamides is 1. The molecule has 23 heavy (non-hydrogen) atoms. The van der Waals surface area contributed by atoms with E-state index in [1.165, 1.54) is 12.5 Å². The Hall–Kier alpha value is -2.19. The molecule has 1 aromatic carbocycles. The second-order valence-corrected chi connectivity index (χ2v) is 7.27. The first-order valence-corrected chi connectivity index (χ1v) is 8.60. The van der Waals surface area contributed by atoms with Crippen LogP contribution in [0.15, 0.2) is 47.9 Å². The minimum atomic E-state index is -4.03. The largest absolute Gasteiger partial charge is 0.480 e. The fraction of sp³-hybridized carbons (Fsp3) is 0.333. The summed E-state index contributed by atoms with van der Waals surface area (Å²) in [5, 5.41) is 9.11. The van der Waals surface area contributed by atoms with Gasteiger partial charge in [0.1, 0.15) is 6.04 Å². The molecular weight excluding hydrogens is 318 g/mol. The lowest BCUT2D eigenvalue weighted by Gasteiger charge is -2.14. The van der Waals surface area contributed by atoms with Crippen molar-refractivity contribution < 1.29 is 18.3 Å². The fourth-order valence-corrected chi connectivity index (χ4v) is 3.25. The smallest absolute Gasteiger partial charge is 0.326 e. The molecule has 0 aliphatic carbocycles. The van der Waals surface area contributed by atoms with Gasteiger partial charge in [-0.3, -0.25) is 4.79 Å². The predicted octanol–water partition coefficient (Wildman–Crippen LogP) is 1.64. The molecule has 0 fully saturated rings. The molecular formula is C15H19N3O4S. The zero-order valence-electron chi connectivity index (χ0n) is 12.9. The van der Waals surface area contributed by atoms with Gasteiger partial charge in [0.15, 0.2) is 5.03 Å². The van der Waals surface area contributed by atoms with Gasteiger partial charge in [-0.2, -0.15) is 4.72 Å². The van der Waals surface area contributed by atoms with E-state index in [2.05, 4.69) is 9.71 Å². The second-order valence-electron chi connectivity index (χ2n) is 5.61. The number of nitrogens with zero attached hydrogens (tertiary/aromatic N) is 2. The highest BCUT2D eigenvalue weighted by atomic mass is 32.2. The van der Waals surface area contributed by atoms with Crippen molar-refractivity contribution >= 4 is 16.0 Å². The highest BCUT2D eigenvalue weighted by molar-refractivity contribution is 7.89. The highest BCUT2D eigenvalue weighted by Crippen LogP contribution is 2.17. The van der Waals surface area contributed by atoms with Gasteiger partial charge in [-0.05, 0) is 11.5 Å². The van der Waals surface area contributed by atoms with Crippen molar-refractivity contribution in [1.82, 2.24) is 14.3 Å². The van der Waals surface area contributed by atoms with Gasteiger partial charge < -0.3 is 9.67 Å². The fourth-order valence-electron chi connectivity index (χ4n) is 2.12. The van der Waals surface area contributed by atoms with Gasteiger partial charge in [-0.1, -0.05) is 44.2 Å². The number of benzene rings is 1. The standard InChI is InChI=1S/C15H19N3O4S/c1-11(2)8-18-9-13(16-10-18)23(21,22)17-14(15(19)20)12-6-4-3-5-7-12/h3-7,9-11,14,17H,8H2,1-2H3,(H,19,20)/t14-/m1/s1. The van der Waals surface area contributed by atoms with Crippen LogP contribution in [0.3, 0.4) is 0 Å². The minimum absolute atomic E-state index is 0.194. The van der Waals surface area contributed by atoms with Gasteiger partial charge in [0.25, 0.3) is 10.0 Å². The maximum atomic E-state index is 12.4. The molecule has 0 saturated carbocycles. The predicted molar refractivity (Wildman–Crippen MR) is 84.2 cm³/mol. The molecule has 2 aromatic rings. The van der Waals surface area contributed by atoms with E-state index < -0.39 is 22.0 Å². The number of imidazole rings is 1. The normalized spacial score (nSPS) is 13.2. The van der Waals surface area contributed by atoms with Crippen LogP contribution in [-0.4, -0.2) is 29.0 Å². The maximum absolute atomic E-state index is 12.4. The Kier molecular flexibility index (Phi) is 5.17. The summed E-state index contributed by atoms with van der Waals surface area (Å²) in [4.78, 5) is 15.3. The van der Waals surface area contributed by atoms with Crippen molar-refractivity contribution in [1.29, 1.82) is 0 Å². The van der Waals surface area contributed by atoms with Crippen LogP contribution < -0.4 is 4.72 Å². The Bertz CT molecular complexity index is 769. The topological polar surface area (TPSA) is 101 Å². The van der Waals surface area contributed by atoms with E-state index in [0.29, 0.717) is 18.0 Å². The Morgan fingerprint density at radius 1 is 1.30 bits per heavy atom. The molecule has 2 N–H and O–H groups in total. The van der Waals surface area contributed by atoms with E-state index in [4.69, 9.17) is 0 Å². The van der Waals surface area contributed by atoms with Gasteiger partial charge in [0.2, 0.25) is 0 Å². The van der Waals surface area contributed by atoms with Crippen molar-refractivity contribution in [2.45, 2.75) is 31.5 Å². The molecule has 0 aliphatic rings. The summed E-state index contributed by atoms with van der Waals surface area (Å²) in [5.41, 5.74) is 0.352. The van der Waals surface area contributed by atoms with Crippen molar-refractivity contribution in [2.24, 2.45) is 5.92 Å². The molecule has 1 atom stereocenters. The molecule has 2 rings (SSSR count). The lowest BCUT2D eigenvalue weighted by molar-refractivity contribution is -0.139. The third kappa shape index (κ3) is 4.40. The van der Waals surface area contributed by atoms with Crippen molar-refractivity contribution in [3.8, 4) is 0 Å². The van der Waals surface area contributed by atoms with Crippen LogP contribution >= 0.6 is 0 Å². The lowest BCUT2D eigenvalue weighted by Crippen LogP contribution is -2.34. The molecule has 0 saturated heterocycles. The monoisotopic (exact) mass is 337 g/mol. The van der Waals surface area contributed by atoms with E-state index in [9.17, 15) is 18.3 Å². The molecule has 0 amide bonds. The van der Waals surface area contributed by atoms with Crippen molar-refractivity contribution in [3.63, 3.8) is 0 Å². The summed E-state index contributed by atoms with van der Waals surface area (Å²) in [5.74, 6) is -0.940. The average molecular weight is 337 g/mol. The number of rotatable bonds is 7. The maximum Gasteiger partial charge on any atom is 0.326 e. The molecule has 0 bridgehead atoms. The first kappa shape index (κ1) is 17.2. The van der Waals surface area contributed by atoms with E-state index in [1.807, 2.05) is 13.8 Å². The average Bonchev–Trinajstić information content (AvgIpc) is 2.94. The number of hydrogen-bond donors (Lipinski definition) is 2. The number of aliphatic carboxylic acids is 1. The molecule has 124 valence electrons. The number of carboxylic acid groups (broad SMARTS) is 1. The van der Waals surface area contributed by atoms with Gasteiger partial charge in [-0.25, -0.2) is 13.4 Å². The summed E-state index contributed by atoms with van der Waals surface area (Å²) in [7, 11) is -4.03. The van der Waals surface area contributed by atoms with Gasteiger partial charge in [0, 0.05) is 12.7 Å². The van der Waals surface area contributed by atoms with E-state index in [1.54, 1.807) is 34.9 Å². The molecule has 0 aliphatic heterocycles. The number of nitrogens with one attached hydrogen (secondary N) is 1. The molecule has 0 spiro atoms. The van der Waals surface area contributed by atoms with Crippen LogP contribution in [-0.2, 0) is 21.4 Å². The van der Waals surface area contributed by atoms with Crippen LogP contribution in [0.2, 0.25) is 0 Å². The lowest BCUT2D eigenvalue weighted by atomic mass is 10.1. The van der Waals surface area contributed by atoms with E-state index in [0.717, 1.165) is 0 Å². The Morgan fingerprint density at radius 2 is 1.96 bits per heavy atom. The molecule has 7 nitrogen and oxygen atoms in total. The summed E-state index contributed by atoms with van der Waals surface area (Å²) in [6.07, 6.45) is 2.82. The first-order valence-electron chi connectivity index (χ1n) is 7.11. The molecule has 1 heterocycles. The number of aromatic nitrogens is 2. The third-order valence-corrected chi connectivity index (χ3v) is 4.42. The van der Waals surface area contributed by atoms with E-state index >= 15 is 0 Å². The van der Waals surface area contributed by atoms with Gasteiger partial charge >= 0.3 is 5.97 Å². The summed E-state index contributed by atoms with van der Waals surface area (Å²) >= 11 is 0. The highest BCUT2D eigenvalue weighted by Gasteiger charge is 2.28. The number of hydrogen-bond acceptors (Lipinski definition) is 4. The van der Waals surface area contributed by atoms with E-state index in [-0.39, 0.29) is 5.03 Å². The van der Waals surface area contributed by atoms with Crippen LogP contribution in [0.5, 0.6) is 0 Å². The number of carbonyl (C=O) groups is 1. The Balaban J connectivity index is 2.25. The summed E-state index contributed by atoms with van der Waals surface area (Å²) in [6, 6.07) is 6.77. The van der Waals surface area contributed by atoms with Crippen molar-refractivity contribution in [2.75, 3.05) is 0 Å². The zero-order chi connectivity index (χ0) is 17.0. The van der Waals surface area contributed by atoms with Crippen molar-refractivity contribution in [3.05, 3.63) is 48.4 Å². The van der Waals surface area contributed by atoms with Crippen LogP contribution in [0.25, 0.3) is 0 Å². The molecule has 0 radical (unpaired) electrons. The van der Waals surface area contributed by atoms with Crippen LogP contribution in [0.4, 0.5) is 0 Å². The minimum Gasteiger partial charge on any atom is -0.480 e. The summed E-state index contributed by atoms with van der Waals surface area (Å²) < 4.78 is 28.6. The van der Waals surface area contributed by atoms with Crippen LogP contribution in [0, 0.1) is 5.92 Å². The number of carboxylic acids is 1. The molecule has 8 heteroatoms. The third-order valence-electron chi connectivity index (χ3n) is 3.11. The van der Waals surface area contributed by atoms with Gasteiger partial charge in [0.05, 0.1) is 6.33 Å². The SMILES string of the molecule is CC(C)Cn1cnc(S(=O)(=O)N[C@@H](C(=O)O)c2ccccc2)c1. The molecule has 1 aromatic heterocycles. The molecule has 0 unspecified atom stereocenters.